The van der Waals surface area contributed by atoms with Crippen LogP contribution in [0.2, 0.25) is 5.02 Å². The highest BCUT2D eigenvalue weighted by Gasteiger charge is 2.30. The summed E-state index contributed by atoms with van der Waals surface area (Å²) in [7, 11) is 0. The minimum Gasteiger partial charge on any atom is -0.483 e. The van der Waals surface area contributed by atoms with Crippen LogP contribution in [0.5, 0.6) is 5.75 Å². The van der Waals surface area contributed by atoms with Crippen LogP contribution in [0, 0.1) is 10.1 Å². The lowest BCUT2D eigenvalue weighted by atomic mass is 9.95. The molecular weight excluding hydrogens is 253 g/mol. The van der Waals surface area contributed by atoms with E-state index in [9.17, 15) is 10.1 Å². The first kappa shape index (κ1) is 11.5. The normalized spacial score (nSPS) is 23.6. The standard InChI is InChI=1S/C10H9Cl2NO3/c11-6-1-2-10(9(5-6)13(14)15)16-8-3-7(12)4-8/h1-2,5,7-8H,3-4H2. The van der Waals surface area contributed by atoms with Gasteiger partial charge in [0.25, 0.3) is 0 Å². The van der Waals surface area contributed by atoms with Crippen molar-refractivity contribution in [1.29, 1.82) is 0 Å². The lowest BCUT2D eigenvalue weighted by molar-refractivity contribution is -0.386. The van der Waals surface area contributed by atoms with Crippen LogP contribution in [-0.4, -0.2) is 16.4 Å². The van der Waals surface area contributed by atoms with E-state index in [1.54, 1.807) is 6.07 Å². The molecule has 0 bridgehead atoms. The Bertz CT molecular complexity index is 419. The molecule has 4 nitrogen and oxygen atoms in total. The Morgan fingerprint density at radius 2 is 2.12 bits per heavy atom. The van der Waals surface area contributed by atoms with Gasteiger partial charge >= 0.3 is 5.69 Å². The van der Waals surface area contributed by atoms with Crippen molar-refractivity contribution >= 4 is 28.9 Å². The first-order chi connectivity index (χ1) is 7.56. The van der Waals surface area contributed by atoms with Crippen molar-refractivity contribution in [2.45, 2.75) is 24.3 Å². The molecule has 0 saturated heterocycles. The highest BCUT2D eigenvalue weighted by Crippen LogP contribution is 2.35. The molecule has 1 aromatic carbocycles. The zero-order valence-corrected chi connectivity index (χ0v) is 9.74. The largest absolute Gasteiger partial charge is 0.483 e. The van der Waals surface area contributed by atoms with E-state index in [-0.39, 0.29) is 22.9 Å². The summed E-state index contributed by atoms with van der Waals surface area (Å²) in [5, 5.41) is 11.2. The maximum Gasteiger partial charge on any atom is 0.312 e. The number of hydrogen-bond acceptors (Lipinski definition) is 3. The van der Waals surface area contributed by atoms with Crippen LogP contribution in [0.1, 0.15) is 12.8 Å². The van der Waals surface area contributed by atoms with Gasteiger partial charge in [0.05, 0.1) is 4.92 Å². The van der Waals surface area contributed by atoms with E-state index in [0.29, 0.717) is 5.02 Å². The van der Waals surface area contributed by atoms with Crippen LogP contribution in [0.25, 0.3) is 0 Å². The second-order valence-electron chi connectivity index (χ2n) is 3.68. The Labute approximate surface area is 102 Å². The number of hydrogen-bond donors (Lipinski definition) is 0. The molecule has 1 aromatic rings. The van der Waals surface area contributed by atoms with Gasteiger partial charge in [0.1, 0.15) is 6.10 Å². The van der Waals surface area contributed by atoms with Crippen molar-refractivity contribution in [3.8, 4) is 5.75 Å². The summed E-state index contributed by atoms with van der Waals surface area (Å²) in [6.07, 6.45) is 1.42. The fraction of sp³-hybridized carbons (Fsp3) is 0.400. The van der Waals surface area contributed by atoms with E-state index in [1.165, 1.54) is 12.1 Å². The van der Waals surface area contributed by atoms with Gasteiger partial charge in [-0.25, -0.2) is 0 Å². The number of rotatable bonds is 3. The van der Waals surface area contributed by atoms with Gasteiger partial charge in [0.2, 0.25) is 0 Å². The van der Waals surface area contributed by atoms with Crippen molar-refractivity contribution in [3.05, 3.63) is 33.3 Å². The summed E-state index contributed by atoms with van der Waals surface area (Å²) >= 11 is 11.5. The van der Waals surface area contributed by atoms with E-state index < -0.39 is 4.92 Å². The van der Waals surface area contributed by atoms with Gasteiger partial charge in [-0.2, -0.15) is 0 Å². The number of ether oxygens (including phenoxy) is 1. The van der Waals surface area contributed by atoms with E-state index in [1.807, 2.05) is 0 Å². The van der Waals surface area contributed by atoms with Crippen molar-refractivity contribution in [1.82, 2.24) is 0 Å². The number of benzene rings is 1. The molecule has 1 fully saturated rings. The van der Waals surface area contributed by atoms with Crippen molar-refractivity contribution in [3.63, 3.8) is 0 Å². The summed E-state index contributed by atoms with van der Waals surface area (Å²) in [4.78, 5) is 10.3. The molecule has 0 atom stereocenters. The van der Waals surface area contributed by atoms with Crippen LogP contribution in [0.15, 0.2) is 18.2 Å². The highest BCUT2D eigenvalue weighted by atomic mass is 35.5. The molecule has 16 heavy (non-hydrogen) atoms. The Hall–Kier alpha value is -1.00. The fourth-order valence-corrected chi connectivity index (χ4v) is 2.07. The lowest BCUT2D eigenvalue weighted by Gasteiger charge is -2.30. The molecule has 2 rings (SSSR count). The van der Waals surface area contributed by atoms with Crippen molar-refractivity contribution < 1.29 is 9.66 Å². The van der Waals surface area contributed by atoms with Gasteiger partial charge in [-0.1, -0.05) is 11.6 Å². The molecular formula is C10H9Cl2NO3. The monoisotopic (exact) mass is 261 g/mol. The Kier molecular flexibility index (Phi) is 3.21. The number of alkyl halides is 1. The maximum atomic E-state index is 10.8. The van der Waals surface area contributed by atoms with Gasteiger partial charge in [-0.05, 0) is 12.1 Å². The third-order valence-corrected chi connectivity index (χ3v) is 3.04. The first-order valence-electron chi connectivity index (χ1n) is 4.81. The first-order valence-corrected chi connectivity index (χ1v) is 5.62. The second-order valence-corrected chi connectivity index (χ2v) is 4.73. The molecule has 0 amide bonds. The van der Waals surface area contributed by atoms with E-state index in [0.717, 1.165) is 12.8 Å². The summed E-state index contributed by atoms with van der Waals surface area (Å²) in [6.45, 7) is 0. The molecule has 0 spiro atoms. The molecule has 1 aliphatic rings. The summed E-state index contributed by atoms with van der Waals surface area (Å²) in [5.74, 6) is 0.253. The Morgan fingerprint density at radius 1 is 1.44 bits per heavy atom. The summed E-state index contributed by atoms with van der Waals surface area (Å²) in [5.41, 5.74) is -0.106. The molecule has 1 saturated carbocycles. The van der Waals surface area contributed by atoms with E-state index >= 15 is 0 Å². The van der Waals surface area contributed by atoms with Crippen LogP contribution < -0.4 is 4.74 Å². The summed E-state index contributed by atoms with van der Waals surface area (Å²) < 4.78 is 5.48. The minimum atomic E-state index is -0.502. The van der Waals surface area contributed by atoms with Gasteiger partial charge in [-0.3, -0.25) is 10.1 Å². The third kappa shape index (κ3) is 2.39. The number of nitro groups is 1. The number of nitro benzene ring substituents is 1. The smallest absolute Gasteiger partial charge is 0.312 e. The van der Waals surface area contributed by atoms with Crippen LogP contribution >= 0.6 is 23.2 Å². The predicted molar refractivity (Wildman–Crippen MR) is 61.4 cm³/mol. The fourth-order valence-electron chi connectivity index (χ4n) is 1.51. The zero-order valence-electron chi connectivity index (χ0n) is 8.23. The van der Waals surface area contributed by atoms with Gasteiger partial charge in [0, 0.05) is 29.3 Å². The van der Waals surface area contributed by atoms with E-state index in [2.05, 4.69) is 0 Å². The predicted octanol–water partition coefficient (Wildman–Crippen LogP) is 3.40. The third-order valence-electron chi connectivity index (χ3n) is 2.45. The van der Waals surface area contributed by atoms with Gasteiger partial charge in [0.15, 0.2) is 5.75 Å². The molecule has 86 valence electrons. The lowest BCUT2D eigenvalue weighted by Crippen LogP contribution is -2.34. The average Bonchev–Trinajstić information content (AvgIpc) is 2.17. The van der Waals surface area contributed by atoms with Gasteiger partial charge < -0.3 is 4.74 Å². The summed E-state index contributed by atoms with van der Waals surface area (Å²) in [6, 6.07) is 4.37. The number of halogens is 2. The quantitative estimate of drug-likeness (QED) is 0.476. The van der Waals surface area contributed by atoms with Gasteiger partial charge in [-0.15, -0.1) is 11.6 Å². The molecule has 0 heterocycles. The van der Waals surface area contributed by atoms with Crippen LogP contribution in [0.3, 0.4) is 0 Å². The topological polar surface area (TPSA) is 52.4 Å². The van der Waals surface area contributed by atoms with E-state index in [4.69, 9.17) is 27.9 Å². The van der Waals surface area contributed by atoms with Crippen molar-refractivity contribution in [2.24, 2.45) is 0 Å². The Balaban J connectivity index is 2.16. The SMILES string of the molecule is O=[N+]([O-])c1cc(Cl)ccc1OC1CC(Cl)C1. The minimum absolute atomic E-state index is 0.0256. The van der Waals surface area contributed by atoms with Crippen LogP contribution in [0.4, 0.5) is 5.69 Å². The molecule has 0 unspecified atom stereocenters. The van der Waals surface area contributed by atoms with Crippen molar-refractivity contribution in [2.75, 3.05) is 0 Å². The molecule has 6 heteroatoms. The molecule has 0 aliphatic heterocycles. The molecule has 0 aromatic heterocycles. The molecule has 0 N–H and O–H groups in total. The highest BCUT2D eigenvalue weighted by molar-refractivity contribution is 6.30. The molecule has 0 radical (unpaired) electrons. The molecule has 1 aliphatic carbocycles. The number of nitrogens with zero attached hydrogens (tertiary/aromatic N) is 1. The van der Waals surface area contributed by atoms with Crippen LogP contribution in [-0.2, 0) is 0 Å². The zero-order chi connectivity index (χ0) is 11.7. The maximum absolute atomic E-state index is 10.8. The Morgan fingerprint density at radius 3 is 2.69 bits per heavy atom. The average molecular weight is 262 g/mol. The second kappa shape index (κ2) is 4.47.